The number of aromatic amines is 2. The van der Waals surface area contributed by atoms with E-state index in [0.29, 0.717) is 39.0 Å². The maximum atomic E-state index is 13.7. The molecule has 5 aromatic rings. The van der Waals surface area contributed by atoms with Gasteiger partial charge < -0.3 is 15.6 Å². The van der Waals surface area contributed by atoms with Gasteiger partial charge in [-0.1, -0.05) is 19.2 Å². The lowest BCUT2D eigenvalue weighted by Gasteiger charge is -2.24. The van der Waals surface area contributed by atoms with E-state index in [1.54, 1.807) is 18.3 Å². The lowest BCUT2D eigenvalue weighted by molar-refractivity contribution is 0.368. The quantitative estimate of drug-likeness (QED) is 0.147. The summed E-state index contributed by atoms with van der Waals surface area (Å²) in [5.74, 6) is 1.20. The number of nitrogens with zero attached hydrogens (tertiary/aromatic N) is 4. The van der Waals surface area contributed by atoms with Crippen molar-refractivity contribution >= 4 is 39.0 Å². The second-order valence-corrected chi connectivity index (χ2v) is 11.1. The maximum absolute atomic E-state index is 13.7. The van der Waals surface area contributed by atoms with Gasteiger partial charge in [-0.3, -0.25) is 10.1 Å². The summed E-state index contributed by atoms with van der Waals surface area (Å²) in [5.41, 5.74) is 7.73. The van der Waals surface area contributed by atoms with Crippen LogP contribution >= 0.6 is 11.3 Å². The number of piperidine rings is 1. The molecule has 5 aromatic heterocycles. The summed E-state index contributed by atoms with van der Waals surface area (Å²) in [5, 5.41) is 14.2. The number of hydrogen-bond acceptors (Lipinski definition) is 7. The third-order valence-electron chi connectivity index (χ3n) is 7.29. The number of nitrogens with one attached hydrogen (secondary N) is 4. The summed E-state index contributed by atoms with van der Waals surface area (Å²) >= 11 is 1.04. The van der Waals surface area contributed by atoms with Crippen molar-refractivity contribution in [2.75, 3.05) is 13.1 Å². The van der Waals surface area contributed by atoms with Gasteiger partial charge in [0, 0.05) is 17.6 Å². The number of thiophene rings is 1. The SMILES string of the molecule is C=C/C(=C\C(=C/C)c1ccc2[nH]nc(-c3nc4c(-c5ccc(F)s5)nccc4[nH]3)c2n1)NC(=C)CC1CCNCC1. The Morgan fingerprint density at radius 3 is 2.68 bits per heavy atom. The van der Waals surface area contributed by atoms with Crippen LogP contribution in [0.15, 0.2) is 79.3 Å². The van der Waals surface area contributed by atoms with Gasteiger partial charge >= 0.3 is 0 Å². The van der Waals surface area contributed by atoms with E-state index in [2.05, 4.69) is 44.0 Å². The predicted octanol–water partition coefficient (Wildman–Crippen LogP) is 6.73. The van der Waals surface area contributed by atoms with Crippen LogP contribution in [0.3, 0.4) is 0 Å². The van der Waals surface area contributed by atoms with Crippen molar-refractivity contribution in [1.82, 2.24) is 40.8 Å². The molecule has 0 aromatic carbocycles. The molecule has 0 amide bonds. The van der Waals surface area contributed by atoms with Crippen LogP contribution in [0, 0.1) is 11.0 Å². The van der Waals surface area contributed by atoms with Crippen LogP contribution in [0.5, 0.6) is 0 Å². The third kappa shape index (κ3) is 5.61. The van der Waals surface area contributed by atoms with Gasteiger partial charge in [0.1, 0.15) is 16.7 Å². The third-order valence-corrected chi connectivity index (χ3v) is 8.17. The molecule has 1 aliphatic rings. The highest BCUT2D eigenvalue weighted by molar-refractivity contribution is 7.13. The largest absolute Gasteiger partial charge is 0.359 e. The molecular formula is C31H31FN8S. The minimum absolute atomic E-state index is 0.265. The van der Waals surface area contributed by atoms with E-state index < -0.39 is 0 Å². The molecular weight excluding hydrogens is 535 g/mol. The number of fused-ring (bicyclic) bond motifs is 2. The number of rotatable bonds is 9. The number of imidazole rings is 1. The van der Waals surface area contributed by atoms with Crippen molar-refractivity contribution in [2.24, 2.45) is 5.92 Å². The van der Waals surface area contributed by atoms with E-state index in [1.165, 1.54) is 18.9 Å². The van der Waals surface area contributed by atoms with Crippen LogP contribution in [-0.2, 0) is 0 Å². The van der Waals surface area contributed by atoms with E-state index in [0.717, 1.165) is 64.5 Å². The molecule has 0 atom stereocenters. The second-order valence-electron chi connectivity index (χ2n) is 10.1. The fourth-order valence-corrected chi connectivity index (χ4v) is 5.93. The van der Waals surface area contributed by atoms with E-state index >= 15 is 0 Å². The highest BCUT2D eigenvalue weighted by Crippen LogP contribution is 2.33. The maximum Gasteiger partial charge on any atom is 0.177 e. The van der Waals surface area contributed by atoms with Crippen LogP contribution in [0.2, 0.25) is 0 Å². The number of halogens is 1. The molecule has 1 fully saturated rings. The first-order valence-electron chi connectivity index (χ1n) is 13.6. The van der Waals surface area contributed by atoms with Gasteiger partial charge in [-0.15, -0.1) is 11.3 Å². The molecule has 0 aliphatic carbocycles. The Kier molecular flexibility index (Phi) is 7.58. The Labute approximate surface area is 241 Å². The molecule has 6 rings (SSSR count). The molecule has 10 heteroatoms. The molecule has 0 radical (unpaired) electrons. The van der Waals surface area contributed by atoms with E-state index in [9.17, 15) is 4.39 Å². The summed E-state index contributed by atoms with van der Waals surface area (Å²) in [4.78, 5) is 18.3. The van der Waals surface area contributed by atoms with Crippen LogP contribution in [-0.4, -0.2) is 43.2 Å². The molecule has 8 nitrogen and oxygen atoms in total. The summed E-state index contributed by atoms with van der Waals surface area (Å²) < 4.78 is 13.7. The van der Waals surface area contributed by atoms with Crippen LogP contribution in [0.25, 0.3) is 49.7 Å². The van der Waals surface area contributed by atoms with Gasteiger partial charge in [0.2, 0.25) is 0 Å². The summed E-state index contributed by atoms with van der Waals surface area (Å²) in [6.45, 7) is 12.4. The summed E-state index contributed by atoms with van der Waals surface area (Å²) in [7, 11) is 0. The molecule has 208 valence electrons. The minimum atomic E-state index is -0.265. The van der Waals surface area contributed by atoms with Gasteiger partial charge in [-0.25, -0.2) is 9.97 Å². The first-order valence-corrected chi connectivity index (χ1v) is 14.5. The van der Waals surface area contributed by atoms with Crippen molar-refractivity contribution in [3.8, 4) is 22.1 Å². The van der Waals surface area contributed by atoms with Gasteiger partial charge in [0.15, 0.2) is 16.6 Å². The van der Waals surface area contributed by atoms with E-state index in [1.807, 2.05) is 37.3 Å². The van der Waals surface area contributed by atoms with Gasteiger partial charge in [-0.2, -0.15) is 9.49 Å². The zero-order chi connectivity index (χ0) is 28.3. The van der Waals surface area contributed by atoms with Crippen LogP contribution < -0.4 is 10.6 Å². The highest BCUT2D eigenvalue weighted by Gasteiger charge is 2.19. The summed E-state index contributed by atoms with van der Waals surface area (Å²) in [6, 6.07) is 8.93. The normalized spacial score (nSPS) is 15.1. The average molecular weight is 567 g/mol. The van der Waals surface area contributed by atoms with Gasteiger partial charge in [0.25, 0.3) is 0 Å². The number of pyridine rings is 2. The monoisotopic (exact) mass is 566 g/mol. The Bertz CT molecular complexity index is 1800. The zero-order valence-corrected chi connectivity index (χ0v) is 23.6. The molecule has 1 aliphatic heterocycles. The lowest BCUT2D eigenvalue weighted by atomic mass is 9.93. The fourth-order valence-electron chi connectivity index (χ4n) is 5.20. The average Bonchev–Trinajstić information content (AvgIpc) is 3.73. The Morgan fingerprint density at radius 2 is 1.93 bits per heavy atom. The zero-order valence-electron chi connectivity index (χ0n) is 22.8. The first-order chi connectivity index (χ1) is 20.0. The van der Waals surface area contributed by atoms with Gasteiger partial charge in [-0.05, 0) is 93.3 Å². The van der Waals surface area contributed by atoms with Crippen molar-refractivity contribution in [2.45, 2.75) is 26.2 Å². The topological polar surface area (TPSA) is 107 Å². The molecule has 4 N–H and O–H groups in total. The predicted molar refractivity (Wildman–Crippen MR) is 164 cm³/mol. The van der Waals surface area contributed by atoms with Crippen molar-refractivity contribution in [3.63, 3.8) is 0 Å². The minimum Gasteiger partial charge on any atom is -0.359 e. The fraction of sp³-hybridized carbons (Fsp3) is 0.226. The summed E-state index contributed by atoms with van der Waals surface area (Å²) in [6.07, 6.45) is 10.8. The number of aromatic nitrogens is 6. The van der Waals surface area contributed by atoms with Crippen LogP contribution in [0.1, 0.15) is 31.9 Å². The smallest absolute Gasteiger partial charge is 0.177 e. The van der Waals surface area contributed by atoms with Crippen molar-refractivity contribution in [1.29, 1.82) is 0 Å². The molecule has 0 unspecified atom stereocenters. The Hall–Kier alpha value is -4.41. The van der Waals surface area contributed by atoms with Crippen molar-refractivity contribution < 1.29 is 4.39 Å². The second kappa shape index (κ2) is 11.6. The van der Waals surface area contributed by atoms with Crippen LogP contribution in [0.4, 0.5) is 4.39 Å². The van der Waals surface area contributed by atoms with E-state index in [4.69, 9.17) is 9.97 Å². The van der Waals surface area contributed by atoms with Crippen molar-refractivity contribution in [3.05, 3.63) is 90.1 Å². The Balaban J connectivity index is 1.29. The lowest BCUT2D eigenvalue weighted by Crippen LogP contribution is -2.28. The molecule has 0 saturated carbocycles. The number of hydrogen-bond donors (Lipinski definition) is 4. The Morgan fingerprint density at radius 1 is 1.10 bits per heavy atom. The van der Waals surface area contributed by atoms with E-state index in [-0.39, 0.29) is 5.13 Å². The number of allylic oxidation sites excluding steroid dienone is 5. The molecule has 1 saturated heterocycles. The molecule has 41 heavy (non-hydrogen) atoms. The molecule has 0 spiro atoms. The first kappa shape index (κ1) is 26.8. The number of H-pyrrole nitrogens is 2. The standard InChI is InChI=1S/C31H31FN8S/c1-4-20(17-21(5-2)35-18(3)16-19-10-13-33-14-11-19)22-6-7-24-28(36-22)30(40-39-24)31-37-23-12-15-34-29(27(23)38-31)25-8-9-26(32)41-25/h4-9,12,15,17,19,33,35H,2-3,10-11,13-14,16H2,1H3,(H,37,38)(H,39,40)/b20-4+,21-17+. The molecule has 0 bridgehead atoms. The molecule has 6 heterocycles. The van der Waals surface area contributed by atoms with Gasteiger partial charge in [0.05, 0.1) is 21.6 Å². The highest BCUT2D eigenvalue weighted by atomic mass is 32.1.